The Morgan fingerprint density at radius 2 is 1.58 bits per heavy atom. The molecular formula is C17H23O6P. The van der Waals surface area contributed by atoms with Gasteiger partial charge in [-0.1, -0.05) is 19.9 Å². The number of esters is 1. The maximum absolute atomic E-state index is 13.3. The van der Waals surface area contributed by atoms with Crippen LogP contribution < -0.4 is 9.47 Å². The van der Waals surface area contributed by atoms with E-state index in [1.54, 1.807) is 32.0 Å². The van der Waals surface area contributed by atoms with Gasteiger partial charge in [0, 0.05) is 0 Å². The molecule has 0 spiro atoms. The third kappa shape index (κ3) is 3.59. The molecule has 0 N–H and O–H groups in total. The Balaban J connectivity index is 3.56. The molecule has 0 bridgehead atoms. The number of benzene rings is 1. The molecule has 0 aliphatic heterocycles. The summed E-state index contributed by atoms with van der Waals surface area (Å²) in [5.41, 5.74) is 0.222. The molecule has 24 heavy (non-hydrogen) atoms. The lowest BCUT2D eigenvalue weighted by molar-refractivity contribution is -0.144. The van der Waals surface area contributed by atoms with Gasteiger partial charge in [0.05, 0.1) is 27.2 Å². The Morgan fingerprint density at radius 1 is 1.08 bits per heavy atom. The molecule has 0 saturated heterocycles. The van der Waals surface area contributed by atoms with Crippen molar-refractivity contribution in [3.63, 3.8) is 0 Å². The van der Waals surface area contributed by atoms with E-state index >= 15 is 0 Å². The zero-order valence-corrected chi connectivity index (χ0v) is 15.7. The number of Topliss-reactive ketones (excluding diaryl/α,β-unsaturated/α-hetero) is 1. The summed E-state index contributed by atoms with van der Waals surface area (Å²) in [6.07, 6.45) is 0. The van der Waals surface area contributed by atoms with Crippen LogP contribution in [0.25, 0.3) is 0 Å². The standard InChI is InChI=1S/C17H23O6P/c1-10(2)14(17(3,24-20)16(19)23-6)15(18)13-11(21-4)8-7-9-12(13)22-5/h7-10,14H,1-6H3. The summed E-state index contributed by atoms with van der Waals surface area (Å²) < 4.78 is 27.1. The van der Waals surface area contributed by atoms with Crippen LogP contribution in [0.15, 0.2) is 18.2 Å². The average molecular weight is 354 g/mol. The fourth-order valence-corrected chi connectivity index (χ4v) is 3.58. The van der Waals surface area contributed by atoms with Gasteiger partial charge in [-0.3, -0.25) is 14.2 Å². The maximum Gasteiger partial charge on any atom is 0.324 e. The Morgan fingerprint density at radius 3 is 1.92 bits per heavy atom. The fourth-order valence-electron chi connectivity index (χ4n) is 2.88. The van der Waals surface area contributed by atoms with E-state index in [2.05, 4.69) is 0 Å². The second kappa shape index (κ2) is 8.25. The highest BCUT2D eigenvalue weighted by Gasteiger charge is 2.50. The minimum absolute atomic E-state index is 0.222. The van der Waals surface area contributed by atoms with Crippen molar-refractivity contribution < 1.29 is 28.4 Å². The van der Waals surface area contributed by atoms with Crippen molar-refractivity contribution in [3.05, 3.63) is 23.8 Å². The number of rotatable bonds is 8. The second-order valence-electron chi connectivity index (χ2n) is 5.85. The quantitative estimate of drug-likeness (QED) is 0.404. The van der Waals surface area contributed by atoms with Gasteiger partial charge < -0.3 is 14.2 Å². The van der Waals surface area contributed by atoms with Crippen LogP contribution in [0.1, 0.15) is 31.1 Å². The minimum atomic E-state index is -1.51. The molecule has 0 aromatic heterocycles. The molecule has 2 unspecified atom stereocenters. The topological polar surface area (TPSA) is 78.9 Å². The summed E-state index contributed by atoms with van der Waals surface area (Å²) in [7, 11) is 3.61. The third-order valence-electron chi connectivity index (χ3n) is 4.02. The molecule has 0 fully saturated rings. The molecule has 2 atom stereocenters. The van der Waals surface area contributed by atoms with Crippen LogP contribution in [0.5, 0.6) is 11.5 Å². The lowest BCUT2D eigenvalue weighted by Crippen LogP contribution is -2.45. The van der Waals surface area contributed by atoms with Crippen LogP contribution >= 0.6 is 8.46 Å². The molecule has 0 aliphatic rings. The Labute approximate surface area is 143 Å². The summed E-state index contributed by atoms with van der Waals surface area (Å²) in [4.78, 5) is 25.5. The maximum atomic E-state index is 13.3. The molecule has 7 heteroatoms. The number of hydrogen-bond acceptors (Lipinski definition) is 6. The first-order valence-electron chi connectivity index (χ1n) is 7.46. The van der Waals surface area contributed by atoms with Gasteiger partial charge in [-0.25, -0.2) is 0 Å². The molecule has 6 nitrogen and oxygen atoms in total. The fraction of sp³-hybridized carbons (Fsp3) is 0.529. The molecular weight excluding hydrogens is 331 g/mol. The van der Waals surface area contributed by atoms with E-state index in [1.807, 2.05) is 0 Å². The average Bonchev–Trinajstić information content (AvgIpc) is 2.59. The predicted octanol–water partition coefficient (Wildman–Crippen LogP) is 3.38. The summed E-state index contributed by atoms with van der Waals surface area (Å²) >= 11 is 0. The molecule has 1 aromatic rings. The number of carbonyl (C=O) groups excluding carboxylic acids is 2. The van der Waals surface area contributed by atoms with Gasteiger partial charge in [0.25, 0.3) is 0 Å². The highest BCUT2D eigenvalue weighted by atomic mass is 31.1. The first-order valence-corrected chi connectivity index (χ1v) is 8.27. The van der Waals surface area contributed by atoms with Gasteiger partial charge in [-0.15, -0.1) is 0 Å². The summed E-state index contributed by atoms with van der Waals surface area (Å²) in [6.45, 7) is 5.03. The SMILES string of the molecule is COC(=O)C(C)(P=O)C(C(=O)c1c(OC)cccc1OC)C(C)C. The lowest BCUT2D eigenvalue weighted by Gasteiger charge is -2.31. The number of hydrogen-bond donors (Lipinski definition) is 0. The highest BCUT2D eigenvalue weighted by Crippen LogP contribution is 2.42. The third-order valence-corrected chi connectivity index (χ3v) is 4.86. The zero-order valence-electron chi connectivity index (χ0n) is 14.8. The van der Waals surface area contributed by atoms with E-state index in [0.717, 1.165) is 0 Å². The van der Waals surface area contributed by atoms with Crippen LogP contribution in [0.2, 0.25) is 0 Å². The first-order chi connectivity index (χ1) is 11.3. The van der Waals surface area contributed by atoms with Crippen LogP contribution in [0, 0.1) is 11.8 Å². The predicted molar refractivity (Wildman–Crippen MR) is 90.2 cm³/mol. The monoisotopic (exact) mass is 354 g/mol. The van der Waals surface area contributed by atoms with Crippen LogP contribution in [-0.4, -0.2) is 38.2 Å². The Hall–Kier alpha value is -1.94. The van der Waals surface area contributed by atoms with Gasteiger partial charge in [-0.2, -0.15) is 0 Å². The molecule has 0 heterocycles. The normalized spacial score (nSPS) is 14.8. The molecule has 0 saturated carbocycles. The van der Waals surface area contributed by atoms with Crippen LogP contribution in [-0.2, 0) is 14.1 Å². The van der Waals surface area contributed by atoms with Crippen molar-refractivity contribution in [2.45, 2.75) is 25.9 Å². The Bertz CT molecular complexity index is 605. The van der Waals surface area contributed by atoms with E-state index in [1.165, 1.54) is 28.3 Å². The van der Waals surface area contributed by atoms with Gasteiger partial charge in [-0.05, 0) is 25.0 Å². The van der Waals surface area contributed by atoms with E-state index in [-0.39, 0.29) is 17.3 Å². The second-order valence-corrected chi connectivity index (χ2v) is 6.97. The number of ketones is 1. The molecule has 0 aliphatic carbocycles. The summed E-state index contributed by atoms with van der Waals surface area (Å²) in [5, 5.41) is -1.51. The van der Waals surface area contributed by atoms with Crippen molar-refractivity contribution in [2.75, 3.05) is 21.3 Å². The van der Waals surface area contributed by atoms with Gasteiger partial charge in [0.15, 0.2) is 19.4 Å². The van der Waals surface area contributed by atoms with E-state index < -0.39 is 25.5 Å². The largest absolute Gasteiger partial charge is 0.496 e. The van der Waals surface area contributed by atoms with Crippen molar-refractivity contribution in [1.29, 1.82) is 0 Å². The lowest BCUT2D eigenvalue weighted by atomic mass is 9.78. The highest BCUT2D eigenvalue weighted by molar-refractivity contribution is 7.27. The zero-order chi connectivity index (χ0) is 18.5. The van der Waals surface area contributed by atoms with Gasteiger partial charge >= 0.3 is 5.97 Å². The van der Waals surface area contributed by atoms with Crippen LogP contribution in [0.4, 0.5) is 0 Å². The molecule has 1 rings (SSSR count). The van der Waals surface area contributed by atoms with E-state index in [0.29, 0.717) is 11.5 Å². The molecule has 1 aromatic carbocycles. The smallest absolute Gasteiger partial charge is 0.324 e. The van der Waals surface area contributed by atoms with Crippen molar-refractivity contribution in [1.82, 2.24) is 0 Å². The summed E-state index contributed by atoms with van der Waals surface area (Å²) in [6, 6.07) is 4.97. The number of carbonyl (C=O) groups is 2. The van der Waals surface area contributed by atoms with Crippen LogP contribution in [0.3, 0.4) is 0 Å². The van der Waals surface area contributed by atoms with Crippen molar-refractivity contribution >= 4 is 20.2 Å². The van der Waals surface area contributed by atoms with Crippen molar-refractivity contribution in [3.8, 4) is 11.5 Å². The number of methoxy groups -OCH3 is 3. The van der Waals surface area contributed by atoms with E-state index in [9.17, 15) is 14.2 Å². The molecule has 0 radical (unpaired) electrons. The summed E-state index contributed by atoms with van der Waals surface area (Å²) in [5.74, 6) is -1.57. The molecule has 0 amide bonds. The van der Waals surface area contributed by atoms with Crippen molar-refractivity contribution in [2.24, 2.45) is 11.8 Å². The van der Waals surface area contributed by atoms with Gasteiger partial charge in [0.2, 0.25) is 0 Å². The number of ether oxygens (including phenoxy) is 3. The first kappa shape index (κ1) is 20.1. The van der Waals surface area contributed by atoms with Gasteiger partial charge in [0.1, 0.15) is 17.1 Å². The molecule has 132 valence electrons. The Kier molecular flexibility index (Phi) is 6.91. The van der Waals surface area contributed by atoms with E-state index in [4.69, 9.17) is 14.2 Å². The minimum Gasteiger partial charge on any atom is -0.496 e.